The average Bonchev–Trinajstić information content (AvgIpc) is 3.35. The van der Waals surface area contributed by atoms with Gasteiger partial charge in [-0.25, -0.2) is 14.6 Å². The fourth-order valence-corrected chi connectivity index (χ4v) is 4.05. The molecular weight excluding hydrogens is 430 g/mol. The van der Waals surface area contributed by atoms with Crippen LogP contribution < -0.4 is 16.0 Å². The van der Waals surface area contributed by atoms with Crippen molar-refractivity contribution in [2.75, 3.05) is 23.7 Å². The van der Waals surface area contributed by atoms with Crippen molar-refractivity contribution in [2.45, 2.75) is 38.8 Å². The van der Waals surface area contributed by atoms with E-state index in [0.717, 1.165) is 53.8 Å². The molecule has 1 saturated heterocycles. The molecule has 0 bridgehead atoms. The fraction of sp³-hybridized carbons (Fsp3) is 0.333. The minimum absolute atomic E-state index is 0.264. The standard InChI is InChI=1S/C24H27N9O/c1-15(2)28-23-13-26-12-20(29-23)16-3-4-17-11-27-22(10-18(17)9-16)30-24(34)21-14-33(32-31-21)19-5-7-25-8-6-19/h3-4,9-15,19,25H,5-8H2,1-2H3,(H,28,29)(H,27,30,34). The lowest BCUT2D eigenvalue weighted by Gasteiger charge is -2.22. The van der Waals surface area contributed by atoms with E-state index in [2.05, 4.69) is 55.1 Å². The van der Waals surface area contributed by atoms with Crippen LogP contribution in [0.3, 0.4) is 0 Å². The second kappa shape index (κ2) is 9.52. The number of fused-ring (bicyclic) bond motifs is 1. The summed E-state index contributed by atoms with van der Waals surface area (Å²) in [5, 5.41) is 19.6. The van der Waals surface area contributed by atoms with Crippen LogP contribution in [0, 0.1) is 0 Å². The first kappa shape index (κ1) is 21.9. The summed E-state index contributed by atoms with van der Waals surface area (Å²) in [5.41, 5.74) is 1.98. The topological polar surface area (TPSA) is 123 Å². The molecule has 0 unspecified atom stereocenters. The smallest absolute Gasteiger partial charge is 0.278 e. The van der Waals surface area contributed by atoms with Crippen LogP contribution in [0.1, 0.15) is 43.2 Å². The second-order valence-corrected chi connectivity index (χ2v) is 8.74. The summed E-state index contributed by atoms with van der Waals surface area (Å²) in [7, 11) is 0. The van der Waals surface area contributed by atoms with E-state index in [4.69, 9.17) is 0 Å². The Bertz CT molecular complexity index is 1310. The highest BCUT2D eigenvalue weighted by molar-refractivity contribution is 6.03. The maximum atomic E-state index is 12.8. The van der Waals surface area contributed by atoms with Crippen LogP contribution in [0.15, 0.2) is 49.1 Å². The van der Waals surface area contributed by atoms with Crippen molar-refractivity contribution in [1.29, 1.82) is 0 Å². The van der Waals surface area contributed by atoms with E-state index < -0.39 is 0 Å². The first-order chi connectivity index (χ1) is 16.5. The number of nitrogens with one attached hydrogen (secondary N) is 3. The first-order valence-electron chi connectivity index (χ1n) is 11.5. The maximum Gasteiger partial charge on any atom is 0.278 e. The third-order valence-electron chi connectivity index (χ3n) is 5.76. The molecule has 0 saturated carbocycles. The first-order valence-corrected chi connectivity index (χ1v) is 11.5. The van der Waals surface area contributed by atoms with E-state index in [9.17, 15) is 4.79 Å². The highest BCUT2D eigenvalue weighted by Gasteiger charge is 2.19. The summed E-state index contributed by atoms with van der Waals surface area (Å²) in [6.07, 6.45) is 8.84. The maximum absolute atomic E-state index is 12.8. The monoisotopic (exact) mass is 457 g/mol. The second-order valence-electron chi connectivity index (χ2n) is 8.74. The van der Waals surface area contributed by atoms with E-state index in [-0.39, 0.29) is 23.7 Å². The molecule has 1 fully saturated rings. The number of nitrogens with zero attached hydrogens (tertiary/aromatic N) is 6. The zero-order valence-corrected chi connectivity index (χ0v) is 19.2. The summed E-state index contributed by atoms with van der Waals surface area (Å²) in [4.78, 5) is 26.1. The quantitative estimate of drug-likeness (QED) is 0.403. The lowest BCUT2D eigenvalue weighted by Crippen LogP contribution is -2.29. The normalized spacial score (nSPS) is 14.4. The molecule has 1 amide bonds. The number of benzene rings is 1. The highest BCUT2D eigenvalue weighted by atomic mass is 16.2. The number of hydrogen-bond acceptors (Lipinski definition) is 8. The summed E-state index contributed by atoms with van der Waals surface area (Å²) in [6.45, 7) is 6.00. The number of anilines is 2. The van der Waals surface area contributed by atoms with E-state index in [1.54, 1.807) is 29.5 Å². The zero-order chi connectivity index (χ0) is 23.5. The summed E-state index contributed by atoms with van der Waals surface area (Å²) >= 11 is 0. The minimum atomic E-state index is -0.332. The van der Waals surface area contributed by atoms with Gasteiger partial charge in [-0.05, 0) is 57.3 Å². The van der Waals surface area contributed by atoms with Gasteiger partial charge in [-0.3, -0.25) is 9.78 Å². The molecule has 3 N–H and O–H groups in total. The predicted molar refractivity (Wildman–Crippen MR) is 131 cm³/mol. The molecule has 3 aromatic heterocycles. The molecule has 4 aromatic rings. The van der Waals surface area contributed by atoms with Crippen LogP contribution in [-0.2, 0) is 0 Å². The van der Waals surface area contributed by atoms with Crippen LogP contribution in [0.25, 0.3) is 22.0 Å². The van der Waals surface area contributed by atoms with Gasteiger partial charge in [0.25, 0.3) is 5.91 Å². The van der Waals surface area contributed by atoms with Crippen molar-refractivity contribution in [3.05, 3.63) is 54.7 Å². The highest BCUT2D eigenvalue weighted by Crippen LogP contribution is 2.25. The van der Waals surface area contributed by atoms with E-state index in [1.165, 1.54) is 0 Å². The molecule has 34 heavy (non-hydrogen) atoms. The number of pyridine rings is 1. The molecule has 5 rings (SSSR count). The van der Waals surface area contributed by atoms with Crippen LogP contribution in [-0.4, -0.2) is 55.0 Å². The Hall–Kier alpha value is -3.92. The van der Waals surface area contributed by atoms with Gasteiger partial charge in [0.15, 0.2) is 5.69 Å². The number of carbonyl (C=O) groups excluding carboxylic acids is 1. The predicted octanol–water partition coefficient (Wildman–Crippen LogP) is 3.28. The van der Waals surface area contributed by atoms with Gasteiger partial charge in [0.2, 0.25) is 0 Å². The number of rotatable bonds is 6. The third-order valence-corrected chi connectivity index (χ3v) is 5.76. The van der Waals surface area contributed by atoms with Crippen molar-refractivity contribution in [3.63, 3.8) is 0 Å². The van der Waals surface area contributed by atoms with Gasteiger partial charge in [-0.2, -0.15) is 0 Å². The summed E-state index contributed by atoms with van der Waals surface area (Å²) < 4.78 is 1.79. The van der Waals surface area contributed by atoms with Crippen molar-refractivity contribution in [2.24, 2.45) is 0 Å². The Morgan fingerprint density at radius 2 is 1.94 bits per heavy atom. The van der Waals surface area contributed by atoms with Gasteiger partial charge >= 0.3 is 0 Å². The van der Waals surface area contributed by atoms with Crippen LogP contribution in [0.5, 0.6) is 0 Å². The molecule has 0 radical (unpaired) electrons. The molecule has 1 aliphatic rings. The number of piperidine rings is 1. The molecule has 10 nitrogen and oxygen atoms in total. The van der Waals surface area contributed by atoms with Crippen molar-refractivity contribution in [3.8, 4) is 11.3 Å². The largest absolute Gasteiger partial charge is 0.367 e. The Labute approximate surface area is 197 Å². The van der Waals surface area contributed by atoms with E-state index in [0.29, 0.717) is 5.82 Å². The molecular formula is C24H27N9O. The molecule has 174 valence electrons. The van der Waals surface area contributed by atoms with Crippen molar-refractivity contribution >= 4 is 28.3 Å². The lowest BCUT2D eigenvalue weighted by atomic mass is 10.1. The average molecular weight is 458 g/mol. The van der Waals surface area contributed by atoms with Crippen LogP contribution in [0.4, 0.5) is 11.6 Å². The zero-order valence-electron chi connectivity index (χ0n) is 19.2. The van der Waals surface area contributed by atoms with Gasteiger partial charge in [0.1, 0.15) is 11.6 Å². The number of carbonyl (C=O) groups is 1. The minimum Gasteiger partial charge on any atom is -0.367 e. The van der Waals surface area contributed by atoms with Gasteiger partial charge in [-0.1, -0.05) is 17.3 Å². The summed E-state index contributed by atoms with van der Waals surface area (Å²) in [5.74, 6) is 0.849. The fourth-order valence-electron chi connectivity index (χ4n) is 4.05. The Morgan fingerprint density at radius 3 is 2.76 bits per heavy atom. The third kappa shape index (κ3) is 4.86. The molecule has 0 spiro atoms. The molecule has 1 aliphatic heterocycles. The lowest BCUT2D eigenvalue weighted by molar-refractivity contribution is 0.102. The number of amides is 1. The van der Waals surface area contributed by atoms with Gasteiger partial charge in [-0.15, -0.1) is 5.10 Å². The number of aromatic nitrogens is 6. The summed E-state index contributed by atoms with van der Waals surface area (Å²) in [6, 6.07) is 8.37. The molecule has 4 heterocycles. The van der Waals surface area contributed by atoms with Gasteiger partial charge in [0.05, 0.1) is 30.3 Å². The molecule has 0 atom stereocenters. The Kier molecular flexibility index (Phi) is 6.13. The Balaban J connectivity index is 1.34. The van der Waals surface area contributed by atoms with Gasteiger partial charge in [0, 0.05) is 23.2 Å². The number of hydrogen-bond donors (Lipinski definition) is 3. The van der Waals surface area contributed by atoms with Crippen LogP contribution in [0.2, 0.25) is 0 Å². The molecule has 10 heteroatoms. The van der Waals surface area contributed by atoms with E-state index >= 15 is 0 Å². The Morgan fingerprint density at radius 1 is 1.09 bits per heavy atom. The SMILES string of the molecule is CC(C)Nc1cncc(-c2ccc3cnc(NC(=O)c4cn(C5CCNCC5)nn4)cc3c2)n1. The molecule has 1 aromatic carbocycles. The molecule has 0 aliphatic carbocycles. The van der Waals surface area contributed by atoms with Crippen LogP contribution >= 0.6 is 0 Å². The van der Waals surface area contributed by atoms with Gasteiger partial charge < -0.3 is 16.0 Å². The van der Waals surface area contributed by atoms with Crippen molar-refractivity contribution in [1.82, 2.24) is 35.3 Å². The van der Waals surface area contributed by atoms with E-state index in [1.807, 2.05) is 24.3 Å². The van der Waals surface area contributed by atoms with Crippen molar-refractivity contribution < 1.29 is 4.79 Å².